The summed E-state index contributed by atoms with van der Waals surface area (Å²) in [5, 5.41) is 0. The fourth-order valence-electron chi connectivity index (χ4n) is 3.38. The van der Waals surface area contributed by atoms with E-state index in [-0.39, 0.29) is 25.0 Å². The third-order valence-corrected chi connectivity index (χ3v) is 4.80. The van der Waals surface area contributed by atoms with Crippen molar-refractivity contribution in [2.24, 2.45) is 0 Å². The van der Waals surface area contributed by atoms with Crippen LogP contribution in [-0.4, -0.2) is 41.5 Å². The molecule has 2 aromatic rings. The van der Waals surface area contributed by atoms with Gasteiger partial charge in [-0.05, 0) is 30.3 Å². The van der Waals surface area contributed by atoms with Crippen LogP contribution < -0.4 is 9.47 Å². The van der Waals surface area contributed by atoms with Gasteiger partial charge in [-0.2, -0.15) is 0 Å². The Morgan fingerprint density at radius 1 is 1.04 bits per heavy atom. The highest BCUT2D eigenvalue weighted by Crippen LogP contribution is 2.33. The summed E-state index contributed by atoms with van der Waals surface area (Å²) in [6.45, 7) is 1.12. The maximum absolute atomic E-state index is 12.8. The molecule has 1 fully saturated rings. The Kier molecular flexibility index (Phi) is 4.34. The largest absolute Gasteiger partial charge is 0.454 e. The summed E-state index contributed by atoms with van der Waals surface area (Å²) < 4.78 is 10.7. The van der Waals surface area contributed by atoms with Crippen LogP contribution in [0.3, 0.4) is 0 Å². The summed E-state index contributed by atoms with van der Waals surface area (Å²) in [5.74, 6) is 1.19. The number of rotatable bonds is 5. The molecule has 2 aromatic carbocycles. The molecule has 0 N–H and O–H groups in total. The van der Waals surface area contributed by atoms with Crippen molar-refractivity contribution in [3.05, 3.63) is 59.7 Å². The number of amides is 2. The fraction of sp³-hybridized carbons (Fsp3) is 0.300. The summed E-state index contributed by atoms with van der Waals surface area (Å²) in [4.78, 5) is 28.4. The molecule has 1 atom stereocenters. The van der Waals surface area contributed by atoms with E-state index in [0.717, 1.165) is 22.6 Å². The first-order valence-electron chi connectivity index (χ1n) is 8.59. The molecule has 4 rings (SSSR count). The first-order chi connectivity index (χ1) is 12.6. The van der Waals surface area contributed by atoms with Crippen molar-refractivity contribution < 1.29 is 19.1 Å². The number of carbonyl (C=O) groups excluding carboxylic acids is 2. The minimum Gasteiger partial charge on any atom is -0.454 e. The number of hydrogen-bond acceptors (Lipinski definition) is 5. The number of fused-ring (bicyclic) bond motifs is 1. The average Bonchev–Trinajstić information content (AvgIpc) is 3.22. The van der Waals surface area contributed by atoms with Gasteiger partial charge in [0, 0.05) is 6.54 Å². The van der Waals surface area contributed by atoms with Crippen LogP contribution in [0.4, 0.5) is 0 Å². The highest BCUT2D eigenvalue weighted by Gasteiger charge is 2.40. The fourth-order valence-corrected chi connectivity index (χ4v) is 3.38. The molecule has 1 saturated heterocycles. The molecule has 0 unspecified atom stereocenters. The summed E-state index contributed by atoms with van der Waals surface area (Å²) >= 11 is 0. The molecule has 134 valence electrons. The van der Waals surface area contributed by atoms with Gasteiger partial charge in [-0.3, -0.25) is 19.4 Å². The minimum absolute atomic E-state index is 0.124. The van der Waals surface area contributed by atoms with Crippen LogP contribution in [-0.2, 0) is 22.7 Å². The molecule has 2 amide bonds. The molecule has 0 bridgehead atoms. The van der Waals surface area contributed by atoms with Crippen LogP contribution in [0.15, 0.2) is 48.5 Å². The molecule has 0 aromatic heterocycles. The van der Waals surface area contributed by atoms with Crippen LogP contribution in [0.2, 0.25) is 0 Å². The lowest BCUT2D eigenvalue weighted by molar-refractivity contribution is -0.140. The number of likely N-dealkylation sites (N-methyl/N-ethyl adjacent to an activating group) is 1. The smallest absolute Gasteiger partial charge is 0.247 e. The normalized spacial score (nSPS) is 18.8. The van der Waals surface area contributed by atoms with Crippen molar-refractivity contribution in [3.8, 4) is 11.5 Å². The lowest BCUT2D eigenvalue weighted by Crippen LogP contribution is -2.39. The van der Waals surface area contributed by atoms with Crippen molar-refractivity contribution >= 4 is 11.8 Å². The van der Waals surface area contributed by atoms with E-state index in [1.165, 1.54) is 4.90 Å². The van der Waals surface area contributed by atoms with E-state index in [1.54, 1.807) is 0 Å². The van der Waals surface area contributed by atoms with Gasteiger partial charge in [-0.25, -0.2) is 0 Å². The van der Waals surface area contributed by atoms with Crippen LogP contribution in [0.5, 0.6) is 11.5 Å². The maximum Gasteiger partial charge on any atom is 0.247 e. The van der Waals surface area contributed by atoms with Gasteiger partial charge >= 0.3 is 0 Å². The van der Waals surface area contributed by atoms with E-state index >= 15 is 0 Å². The van der Waals surface area contributed by atoms with Crippen molar-refractivity contribution in [2.75, 3.05) is 13.8 Å². The average molecular weight is 352 g/mol. The van der Waals surface area contributed by atoms with Crippen LogP contribution in [0.25, 0.3) is 0 Å². The van der Waals surface area contributed by atoms with Gasteiger partial charge in [-0.1, -0.05) is 36.4 Å². The highest BCUT2D eigenvalue weighted by atomic mass is 16.7. The molecule has 6 heteroatoms. The number of ether oxygens (including phenoxy) is 2. The minimum atomic E-state index is -0.434. The number of benzene rings is 2. The van der Waals surface area contributed by atoms with E-state index in [0.29, 0.717) is 13.1 Å². The SMILES string of the molecule is CN(Cc1ccc2c(c1)OCO2)[C@H]1CC(=O)N(Cc2ccccc2)C1=O. The zero-order chi connectivity index (χ0) is 18.1. The molecular weight excluding hydrogens is 332 g/mol. The Bertz CT molecular complexity index is 837. The monoisotopic (exact) mass is 352 g/mol. The number of imide groups is 1. The highest BCUT2D eigenvalue weighted by molar-refractivity contribution is 6.05. The number of carbonyl (C=O) groups is 2. The second kappa shape index (κ2) is 6.80. The molecule has 26 heavy (non-hydrogen) atoms. The predicted octanol–water partition coefficient (Wildman–Crippen LogP) is 2.17. The first kappa shape index (κ1) is 16.6. The third-order valence-electron chi connectivity index (χ3n) is 4.80. The number of likely N-dealkylation sites (tertiary alicyclic amines) is 1. The Hall–Kier alpha value is -2.86. The summed E-state index contributed by atoms with van der Waals surface area (Å²) in [7, 11) is 1.87. The first-order valence-corrected chi connectivity index (χ1v) is 8.59. The van der Waals surface area contributed by atoms with Crippen LogP contribution >= 0.6 is 0 Å². The van der Waals surface area contributed by atoms with Crippen molar-refractivity contribution in [2.45, 2.75) is 25.6 Å². The van der Waals surface area contributed by atoms with Gasteiger partial charge in [0.1, 0.15) is 0 Å². The molecule has 6 nitrogen and oxygen atoms in total. The van der Waals surface area contributed by atoms with Crippen LogP contribution in [0.1, 0.15) is 17.5 Å². The molecule has 2 aliphatic rings. The lowest BCUT2D eigenvalue weighted by Gasteiger charge is -2.23. The zero-order valence-corrected chi connectivity index (χ0v) is 14.6. The van der Waals surface area contributed by atoms with Gasteiger partial charge in [0.25, 0.3) is 0 Å². The van der Waals surface area contributed by atoms with E-state index in [1.807, 2.05) is 60.5 Å². The lowest BCUT2D eigenvalue weighted by atomic mass is 10.1. The summed E-state index contributed by atoms with van der Waals surface area (Å²) in [6.07, 6.45) is 0.215. The van der Waals surface area contributed by atoms with Crippen molar-refractivity contribution in [3.63, 3.8) is 0 Å². The summed E-state index contributed by atoms with van der Waals surface area (Å²) in [6, 6.07) is 14.9. The van der Waals surface area contributed by atoms with Gasteiger partial charge in [0.15, 0.2) is 11.5 Å². The Labute approximate surface area is 151 Å². The molecule has 0 spiro atoms. The van der Waals surface area contributed by atoms with Gasteiger partial charge in [-0.15, -0.1) is 0 Å². The topological polar surface area (TPSA) is 59.1 Å². The Balaban J connectivity index is 1.44. The van der Waals surface area contributed by atoms with Gasteiger partial charge in [0.2, 0.25) is 18.6 Å². The molecule has 2 heterocycles. The summed E-state index contributed by atoms with van der Waals surface area (Å²) in [5.41, 5.74) is 1.96. The number of nitrogens with zero attached hydrogens (tertiary/aromatic N) is 2. The second-order valence-corrected chi connectivity index (χ2v) is 6.63. The quantitative estimate of drug-likeness (QED) is 0.772. The van der Waals surface area contributed by atoms with Crippen LogP contribution in [0, 0.1) is 0 Å². The molecule has 0 aliphatic carbocycles. The van der Waals surface area contributed by atoms with Crippen molar-refractivity contribution in [1.82, 2.24) is 9.80 Å². The third kappa shape index (κ3) is 3.15. The standard InChI is InChI=1S/C20H20N2O4/c1-21(11-15-7-8-17-18(9-15)26-13-25-17)16-10-19(23)22(20(16)24)12-14-5-3-2-4-6-14/h2-9,16H,10-13H2,1H3/t16-/m0/s1. The Morgan fingerprint density at radius 3 is 2.62 bits per heavy atom. The zero-order valence-electron chi connectivity index (χ0n) is 14.6. The molecule has 0 saturated carbocycles. The number of hydrogen-bond donors (Lipinski definition) is 0. The maximum atomic E-state index is 12.8. The molecule has 2 aliphatic heterocycles. The van der Waals surface area contributed by atoms with E-state index in [2.05, 4.69) is 0 Å². The van der Waals surface area contributed by atoms with E-state index < -0.39 is 6.04 Å². The van der Waals surface area contributed by atoms with Crippen molar-refractivity contribution in [1.29, 1.82) is 0 Å². The molecule has 0 radical (unpaired) electrons. The predicted molar refractivity (Wildman–Crippen MR) is 94.4 cm³/mol. The van der Waals surface area contributed by atoms with Gasteiger partial charge < -0.3 is 9.47 Å². The Morgan fingerprint density at radius 2 is 1.81 bits per heavy atom. The second-order valence-electron chi connectivity index (χ2n) is 6.63. The molecular formula is C20H20N2O4. The van der Waals surface area contributed by atoms with E-state index in [9.17, 15) is 9.59 Å². The van der Waals surface area contributed by atoms with Gasteiger partial charge in [0.05, 0.1) is 19.0 Å². The van der Waals surface area contributed by atoms with E-state index in [4.69, 9.17) is 9.47 Å².